The zero-order chi connectivity index (χ0) is 34.5. The number of benzene rings is 3. The van der Waals surface area contributed by atoms with Gasteiger partial charge in [0.15, 0.2) is 18.1 Å². The van der Waals surface area contributed by atoms with E-state index in [4.69, 9.17) is 14.6 Å². The van der Waals surface area contributed by atoms with E-state index in [9.17, 15) is 40.8 Å². The summed E-state index contributed by atoms with van der Waals surface area (Å²) in [5.41, 5.74) is -0.487. The number of thioether (sulfide) groups is 1. The number of aromatic amines is 1. The lowest BCUT2D eigenvalue weighted by atomic mass is 9.83. The average molecular weight is 721 g/mol. The highest BCUT2D eigenvalue weighted by Gasteiger charge is 2.56. The van der Waals surface area contributed by atoms with Gasteiger partial charge in [-0.1, -0.05) is 35.2 Å². The number of nitrogens with one attached hydrogen (secondary N) is 2. The highest BCUT2D eigenvalue weighted by molar-refractivity contribution is 8.00. The molecule has 12 nitrogen and oxygen atoms in total. The van der Waals surface area contributed by atoms with Crippen molar-refractivity contribution in [2.75, 3.05) is 23.9 Å². The van der Waals surface area contributed by atoms with Crippen molar-refractivity contribution >= 4 is 62.2 Å². The fourth-order valence-corrected chi connectivity index (χ4v) is 8.55. The molecule has 250 valence electrons. The molecule has 1 saturated heterocycles. The van der Waals surface area contributed by atoms with E-state index in [1.54, 1.807) is 6.07 Å². The Morgan fingerprint density at radius 2 is 1.75 bits per heavy atom. The van der Waals surface area contributed by atoms with Gasteiger partial charge in [-0.2, -0.15) is 13.2 Å². The van der Waals surface area contributed by atoms with Crippen molar-refractivity contribution in [3.63, 3.8) is 0 Å². The second-order valence-corrected chi connectivity index (χ2v) is 14.4. The standard InChI is InChI=1S/C30H23F3N4O8S3/c1-44-20-11-14(5-10-19(20)45-13-21(38)35-16-6-8-18(9-7-16)48(34,42)43)22-23-25(46-26-24(22)47-29(41)36-26)28(40)37(27(23)39)17-4-2-3-15(12-17)30(31,32)33/h2-12,22-23,25H,13H2,1H3,(H,35,38)(H,36,41)(H2,34,42,43). The maximum Gasteiger partial charge on any atom is 0.416 e. The van der Waals surface area contributed by atoms with E-state index in [0.717, 1.165) is 46.2 Å². The van der Waals surface area contributed by atoms with Gasteiger partial charge in [0.2, 0.25) is 21.8 Å². The Balaban J connectivity index is 1.27. The number of amides is 3. The molecular formula is C30H23F3N4O8S3. The molecule has 0 saturated carbocycles. The number of rotatable bonds is 8. The van der Waals surface area contributed by atoms with Gasteiger partial charge in [0.1, 0.15) is 5.25 Å². The first-order valence-corrected chi connectivity index (χ1v) is 17.1. The average Bonchev–Trinajstić information content (AvgIpc) is 3.53. The number of nitrogens with two attached hydrogens (primary N) is 1. The lowest BCUT2D eigenvalue weighted by molar-refractivity contribution is -0.137. The van der Waals surface area contributed by atoms with Crippen molar-refractivity contribution in [3.05, 3.63) is 92.4 Å². The molecular weight excluding hydrogens is 698 g/mol. The van der Waals surface area contributed by atoms with Gasteiger partial charge in [0.05, 0.1) is 34.2 Å². The van der Waals surface area contributed by atoms with E-state index in [1.165, 1.54) is 49.6 Å². The second kappa shape index (κ2) is 12.4. The number of sulfonamides is 1. The van der Waals surface area contributed by atoms with Crippen LogP contribution in [0, 0.1) is 5.92 Å². The number of halogens is 3. The zero-order valence-electron chi connectivity index (χ0n) is 24.4. The summed E-state index contributed by atoms with van der Waals surface area (Å²) in [6, 6.07) is 13.7. The number of anilines is 2. The monoisotopic (exact) mass is 720 g/mol. The van der Waals surface area contributed by atoms with Crippen LogP contribution in [0.2, 0.25) is 0 Å². The molecule has 0 spiro atoms. The maximum absolute atomic E-state index is 13.9. The molecule has 6 rings (SSSR count). The number of primary sulfonamides is 1. The van der Waals surface area contributed by atoms with Gasteiger partial charge in [0.25, 0.3) is 5.91 Å². The number of nitrogens with zero attached hydrogens (tertiary/aromatic N) is 1. The minimum Gasteiger partial charge on any atom is -0.493 e. The quantitative estimate of drug-likeness (QED) is 0.228. The van der Waals surface area contributed by atoms with Crippen LogP contribution in [0.1, 0.15) is 21.9 Å². The lowest BCUT2D eigenvalue weighted by Gasteiger charge is -2.30. The van der Waals surface area contributed by atoms with Crippen LogP contribution in [0.15, 0.2) is 81.4 Å². The third kappa shape index (κ3) is 6.30. The van der Waals surface area contributed by atoms with Gasteiger partial charge in [-0.05, 0) is 60.2 Å². The molecule has 3 amide bonds. The van der Waals surface area contributed by atoms with E-state index in [2.05, 4.69) is 10.3 Å². The van der Waals surface area contributed by atoms with Crippen LogP contribution in [-0.4, -0.2) is 50.1 Å². The summed E-state index contributed by atoms with van der Waals surface area (Å²) in [5.74, 6) is -3.64. The number of fused-ring (bicyclic) bond motifs is 2. The first-order chi connectivity index (χ1) is 22.7. The third-order valence-electron chi connectivity index (χ3n) is 7.63. The highest BCUT2D eigenvalue weighted by Crippen LogP contribution is 2.54. The lowest BCUT2D eigenvalue weighted by Crippen LogP contribution is -2.32. The Bertz CT molecular complexity index is 2120. The number of H-pyrrole nitrogens is 1. The zero-order valence-corrected chi connectivity index (χ0v) is 26.9. The van der Waals surface area contributed by atoms with Gasteiger partial charge >= 0.3 is 11.0 Å². The number of ether oxygens (including phenoxy) is 2. The fourth-order valence-electron chi connectivity index (χ4n) is 5.52. The summed E-state index contributed by atoms with van der Waals surface area (Å²) >= 11 is 1.83. The van der Waals surface area contributed by atoms with Crippen LogP contribution >= 0.6 is 23.1 Å². The number of methoxy groups -OCH3 is 1. The third-order valence-corrected chi connectivity index (χ3v) is 11.0. The maximum atomic E-state index is 13.9. The van der Waals surface area contributed by atoms with Crippen LogP contribution in [0.5, 0.6) is 11.5 Å². The number of carbonyl (C=O) groups excluding carboxylic acids is 3. The van der Waals surface area contributed by atoms with Crippen LogP contribution in [0.4, 0.5) is 24.5 Å². The number of imide groups is 1. The first-order valence-electron chi connectivity index (χ1n) is 13.8. The SMILES string of the molecule is COc1cc(C2c3sc(=O)[nH]c3SC3C(=O)N(c4cccc(C(F)(F)F)c4)C(=O)C32)ccc1OCC(=O)Nc1ccc(S(N)(=O)=O)cc1. The summed E-state index contributed by atoms with van der Waals surface area (Å²) in [6.07, 6.45) is -4.70. The minimum absolute atomic E-state index is 0.129. The molecule has 3 atom stereocenters. The number of thiazole rings is 1. The molecule has 0 radical (unpaired) electrons. The van der Waals surface area contributed by atoms with Crippen molar-refractivity contribution in [2.24, 2.45) is 11.1 Å². The molecule has 48 heavy (non-hydrogen) atoms. The van der Waals surface area contributed by atoms with E-state index < -0.39 is 68.1 Å². The fraction of sp³-hybridized carbons (Fsp3) is 0.200. The number of hydrogen-bond donors (Lipinski definition) is 3. The van der Waals surface area contributed by atoms with Crippen molar-refractivity contribution in [1.29, 1.82) is 0 Å². The normalized spacial score (nSPS) is 19.1. The predicted octanol–water partition coefficient (Wildman–Crippen LogP) is 3.92. The molecule has 18 heteroatoms. The summed E-state index contributed by atoms with van der Waals surface area (Å²) in [5, 5.41) is 6.97. The Morgan fingerprint density at radius 3 is 2.42 bits per heavy atom. The number of carbonyl (C=O) groups is 3. The molecule has 1 aromatic heterocycles. The molecule has 2 aliphatic heterocycles. The van der Waals surface area contributed by atoms with Crippen molar-refractivity contribution in [2.45, 2.75) is 27.3 Å². The second-order valence-electron chi connectivity index (χ2n) is 10.6. The topological polar surface area (TPSA) is 178 Å². The minimum atomic E-state index is -4.70. The van der Waals surface area contributed by atoms with Gasteiger partial charge in [-0.3, -0.25) is 19.2 Å². The number of alkyl halides is 3. The van der Waals surface area contributed by atoms with Crippen molar-refractivity contribution in [1.82, 2.24) is 4.98 Å². The Morgan fingerprint density at radius 1 is 1.02 bits per heavy atom. The number of aromatic nitrogens is 1. The summed E-state index contributed by atoms with van der Waals surface area (Å²) in [7, 11) is -2.56. The number of hydrogen-bond acceptors (Lipinski definition) is 10. The van der Waals surface area contributed by atoms with Gasteiger partial charge in [-0.25, -0.2) is 18.5 Å². The highest BCUT2D eigenvalue weighted by atomic mass is 32.2. The molecule has 0 bridgehead atoms. The largest absolute Gasteiger partial charge is 0.493 e. The summed E-state index contributed by atoms with van der Waals surface area (Å²) in [6.45, 7) is -0.472. The van der Waals surface area contributed by atoms with Crippen LogP contribution in [0.3, 0.4) is 0 Å². The van der Waals surface area contributed by atoms with E-state index >= 15 is 0 Å². The summed E-state index contributed by atoms with van der Waals surface area (Å²) in [4.78, 5) is 55.9. The predicted molar refractivity (Wildman–Crippen MR) is 169 cm³/mol. The van der Waals surface area contributed by atoms with E-state index in [1.807, 2.05) is 0 Å². The smallest absolute Gasteiger partial charge is 0.416 e. The molecule has 3 heterocycles. The van der Waals surface area contributed by atoms with Crippen molar-refractivity contribution in [3.8, 4) is 11.5 Å². The van der Waals surface area contributed by atoms with Gasteiger partial charge < -0.3 is 19.8 Å². The van der Waals surface area contributed by atoms with Crippen molar-refractivity contribution < 1.29 is 45.4 Å². The van der Waals surface area contributed by atoms with E-state index in [0.29, 0.717) is 21.2 Å². The molecule has 4 aromatic rings. The molecule has 0 aliphatic carbocycles. The Kier molecular flexibility index (Phi) is 8.61. The molecule has 2 aliphatic rings. The molecule has 3 aromatic carbocycles. The summed E-state index contributed by atoms with van der Waals surface area (Å²) < 4.78 is 74.4. The van der Waals surface area contributed by atoms with Gasteiger partial charge in [-0.15, -0.1) is 0 Å². The van der Waals surface area contributed by atoms with Crippen LogP contribution in [-0.2, 0) is 30.6 Å². The van der Waals surface area contributed by atoms with Crippen LogP contribution in [0.25, 0.3) is 0 Å². The van der Waals surface area contributed by atoms with E-state index in [-0.39, 0.29) is 22.1 Å². The Hall–Kier alpha value is -4.65. The molecule has 4 N–H and O–H groups in total. The van der Waals surface area contributed by atoms with Gasteiger partial charge in [0, 0.05) is 16.5 Å². The Labute approximate surface area is 278 Å². The first kappa shape index (κ1) is 33.3. The van der Waals surface area contributed by atoms with Crippen LogP contribution < -0.4 is 29.7 Å². The molecule has 1 fully saturated rings. The molecule has 3 unspecified atom stereocenters.